The van der Waals surface area contributed by atoms with Gasteiger partial charge in [-0.05, 0) is 32.4 Å². The lowest BCUT2D eigenvalue weighted by molar-refractivity contribution is 0.196. The van der Waals surface area contributed by atoms with Crippen LogP contribution in [-0.2, 0) is 6.54 Å². The maximum atomic E-state index is 12.6. The first-order valence-electron chi connectivity index (χ1n) is 8.72. The van der Waals surface area contributed by atoms with Gasteiger partial charge in [-0.2, -0.15) is 0 Å². The fraction of sp³-hybridized carbons (Fsp3) is 0.474. The minimum absolute atomic E-state index is 0.00507. The summed E-state index contributed by atoms with van der Waals surface area (Å²) < 4.78 is 17.6. The molecule has 0 spiro atoms. The Morgan fingerprint density at radius 3 is 2.27 bits per heavy atom. The molecular formula is C19H26N2O5. The molecule has 1 N–H and O–H groups in total. The molecule has 0 aliphatic rings. The van der Waals surface area contributed by atoms with Crippen LogP contribution in [0.4, 0.5) is 4.79 Å². The molecule has 7 heteroatoms. The first kappa shape index (κ1) is 19.6. The van der Waals surface area contributed by atoms with E-state index in [1.54, 1.807) is 18.3 Å². The number of aryl methyl sites for hydroxylation is 1. The van der Waals surface area contributed by atoms with Crippen molar-refractivity contribution in [2.24, 2.45) is 0 Å². The van der Waals surface area contributed by atoms with E-state index in [9.17, 15) is 9.59 Å². The van der Waals surface area contributed by atoms with E-state index in [-0.39, 0.29) is 11.6 Å². The first-order valence-corrected chi connectivity index (χ1v) is 8.72. The Hall–Kier alpha value is -2.70. The van der Waals surface area contributed by atoms with Crippen LogP contribution in [0.15, 0.2) is 23.1 Å². The van der Waals surface area contributed by atoms with Crippen LogP contribution in [0.25, 0.3) is 10.8 Å². The molecule has 2 rings (SSSR count). The summed E-state index contributed by atoms with van der Waals surface area (Å²) in [6.07, 6.45) is 2.81. The molecule has 1 heterocycles. The molecule has 0 aliphatic carbocycles. The largest absolute Gasteiger partial charge is 0.493 e. The second-order valence-corrected chi connectivity index (χ2v) is 6.06. The normalized spacial score (nSPS) is 11.9. The van der Waals surface area contributed by atoms with Crippen LogP contribution in [0.1, 0.15) is 33.6 Å². The van der Waals surface area contributed by atoms with Gasteiger partial charge in [0.05, 0.1) is 25.8 Å². The quantitative estimate of drug-likeness (QED) is 0.817. The molecule has 26 heavy (non-hydrogen) atoms. The van der Waals surface area contributed by atoms with Gasteiger partial charge in [0.15, 0.2) is 17.2 Å². The van der Waals surface area contributed by atoms with E-state index < -0.39 is 6.09 Å². The topological polar surface area (TPSA) is 78.8 Å². The zero-order valence-electron chi connectivity index (χ0n) is 15.9. The predicted molar refractivity (Wildman–Crippen MR) is 101 cm³/mol. The Morgan fingerprint density at radius 2 is 1.73 bits per heavy atom. The average Bonchev–Trinajstić information content (AvgIpc) is 2.62. The summed E-state index contributed by atoms with van der Waals surface area (Å²) in [5.74, 6) is 1.19. The molecule has 1 aromatic carbocycles. The van der Waals surface area contributed by atoms with Crippen LogP contribution in [0.2, 0.25) is 0 Å². The average molecular weight is 362 g/mol. The highest BCUT2D eigenvalue weighted by molar-refractivity contribution is 5.92. The van der Waals surface area contributed by atoms with Crippen molar-refractivity contribution in [1.82, 2.24) is 9.88 Å². The lowest BCUT2D eigenvalue weighted by Gasteiger charge is -2.16. The molecule has 7 nitrogen and oxygen atoms in total. The maximum Gasteiger partial charge on any atom is 0.412 e. The van der Waals surface area contributed by atoms with Crippen molar-refractivity contribution in [3.8, 4) is 17.2 Å². The zero-order chi connectivity index (χ0) is 19.3. The number of hydrogen-bond donors (Lipinski definition) is 1. The molecular weight excluding hydrogens is 336 g/mol. The molecule has 0 radical (unpaired) electrons. The minimum Gasteiger partial charge on any atom is -0.493 e. The molecule has 0 saturated carbocycles. The van der Waals surface area contributed by atoms with Crippen molar-refractivity contribution in [3.05, 3.63) is 28.7 Å². The van der Waals surface area contributed by atoms with Gasteiger partial charge in [0.1, 0.15) is 0 Å². The van der Waals surface area contributed by atoms with Crippen molar-refractivity contribution in [2.75, 3.05) is 14.2 Å². The Balaban J connectivity index is 2.52. The van der Waals surface area contributed by atoms with Gasteiger partial charge in [-0.3, -0.25) is 4.79 Å². The van der Waals surface area contributed by atoms with Gasteiger partial charge in [0.25, 0.3) is 5.56 Å². The van der Waals surface area contributed by atoms with Crippen molar-refractivity contribution in [2.45, 2.75) is 46.2 Å². The lowest BCUT2D eigenvalue weighted by Crippen LogP contribution is -2.35. The van der Waals surface area contributed by atoms with Gasteiger partial charge in [-0.15, -0.1) is 0 Å². The summed E-state index contributed by atoms with van der Waals surface area (Å²) in [7, 11) is 3.02. The number of nitrogens with one attached hydrogen (secondary N) is 1. The van der Waals surface area contributed by atoms with Crippen molar-refractivity contribution in [1.29, 1.82) is 0 Å². The van der Waals surface area contributed by atoms with E-state index >= 15 is 0 Å². The lowest BCUT2D eigenvalue weighted by atomic mass is 10.1. The van der Waals surface area contributed by atoms with Gasteiger partial charge in [0.2, 0.25) is 0 Å². The summed E-state index contributed by atoms with van der Waals surface area (Å²) in [6, 6.07) is 3.26. The van der Waals surface area contributed by atoms with E-state index in [1.807, 2.05) is 20.8 Å². The molecule has 1 aromatic heterocycles. The Morgan fingerprint density at radius 1 is 1.12 bits per heavy atom. The Kier molecular flexibility index (Phi) is 6.49. The van der Waals surface area contributed by atoms with Gasteiger partial charge < -0.3 is 24.1 Å². The molecule has 142 valence electrons. The molecule has 2 aromatic rings. The maximum absolute atomic E-state index is 12.6. The monoisotopic (exact) mass is 362 g/mol. The van der Waals surface area contributed by atoms with Crippen LogP contribution in [-0.4, -0.2) is 30.9 Å². The van der Waals surface area contributed by atoms with Gasteiger partial charge in [-0.25, -0.2) is 4.79 Å². The van der Waals surface area contributed by atoms with E-state index in [0.717, 1.165) is 12.8 Å². The molecule has 0 aliphatic heterocycles. The number of fused-ring (bicyclic) bond motifs is 1. The predicted octanol–water partition coefficient (Wildman–Crippen LogP) is 3.32. The third-order valence-electron chi connectivity index (χ3n) is 4.18. The third-order valence-corrected chi connectivity index (χ3v) is 4.18. The second-order valence-electron chi connectivity index (χ2n) is 6.06. The molecule has 0 bridgehead atoms. The molecule has 1 amide bonds. The van der Waals surface area contributed by atoms with E-state index in [2.05, 4.69) is 5.32 Å². The first-order chi connectivity index (χ1) is 12.4. The van der Waals surface area contributed by atoms with E-state index in [1.165, 1.54) is 18.8 Å². The highest BCUT2D eigenvalue weighted by atomic mass is 16.6. The standard InChI is InChI=1S/C19H26N2O5/c1-6-8-12(3)20-19(23)26-17-11-21(7-2)18(22)14-10-16(25-5)15(24-4)9-13(14)17/h9-12H,6-8H2,1-5H3,(H,20,23). The number of hydrogen-bond acceptors (Lipinski definition) is 5. The highest BCUT2D eigenvalue weighted by Crippen LogP contribution is 2.34. The Bertz CT molecular complexity index is 844. The fourth-order valence-electron chi connectivity index (χ4n) is 2.84. The smallest absolute Gasteiger partial charge is 0.412 e. The number of aromatic nitrogens is 1. The molecule has 1 unspecified atom stereocenters. The highest BCUT2D eigenvalue weighted by Gasteiger charge is 2.17. The number of pyridine rings is 1. The van der Waals surface area contributed by atoms with Gasteiger partial charge in [-0.1, -0.05) is 13.3 Å². The summed E-state index contributed by atoms with van der Waals surface area (Å²) in [6.45, 7) is 6.27. The minimum atomic E-state index is -0.552. The summed E-state index contributed by atoms with van der Waals surface area (Å²) in [4.78, 5) is 24.9. The number of carbonyl (C=O) groups is 1. The van der Waals surface area contributed by atoms with Crippen LogP contribution >= 0.6 is 0 Å². The van der Waals surface area contributed by atoms with Crippen LogP contribution in [0.3, 0.4) is 0 Å². The van der Waals surface area contributed by atoms with Crippen molar-refractivity contribution in [3.63, 3.8) is 0 Å². The third kappa shape index (κ3) is 4.09. The summed E-state index contributed by atoms with van der Waals surface area (Å²) >= 11 is 0. The molecule has 0 saturated heterocycles. The van der Waals surface area contributed by atoms with E-state index in [0.29, 0.717) is 34.6 Å². The number of methoxy groups -OCH3 is 2. The number of ether oxygens (including phenoxy) is 3. The van der Waals surface area contributed by atoms with Crippen LogP contribution in [0.5, 0.6) is 17.2 Å². The second kappa shape index (κ2) is 8.60. The number of nitrogens with zero attached hydrogens (tertiary/aromatic N) is 1. The summed E-state index contributed by atoms with van der Waals surface area (Å²) in [5.41, 5.74) is -0.185. The summed E-state index contributed by atoms with van der Waals surface area (Å²) in [5, 5.41) is 3.69. The van der Waals surface area contributed by atoms with Gasteiger partial charge >= 0.3 is 6.09 Å². The fourth-order valence-corrected chi connectivity index (χ4v) is 2.84. The number of carbonyl (C=O) groups excluding carboxylic acids is 1. The number of benzene rings is 1. The number of amides is 1. The Labute approximate surface area is 152 Å². The van der Waals surface area contributed by atoms with Crippen molar-refractivity contribution < 1.29 is 19.0 Å². The molecule has 1 atom stereocenters. The van der Waals surface area contributed by atoms with Crippen LogP contribution < -0.4 is 25.1 Å². The van der Waals surface area contributed by atoms with Crippen LogP contribution in [0, 0.1) is 0 Å². The SMILES string of the molecule is CCCC(C)NC(=O)Oc1cn(CC)c(=O)c2cc(OC)c(OC)cc12. The number of rotatable bonds is 7. The van der Waals surface area contributed by atoms with E-state index in [4.69, 9.17) is 14.2 Å². The zero-order valence-corrected chi connectivity index (χ0v) is 15.9. The van der Waals surface area contributed by atoms with Crippen molar-refractivity contribution >= 4 is 16.9 Å². The van der Waals surface area contributed by atoms with Gasteiger partial charge in [0, 0.05) is 18.0 Å². The molecule has 0 fully saturated rings.